The fourth-order valence-electron chi connectivity index (χ4n) is 3.65. The minimum Gasteiger partial charge on any atom is -0.505 e. The number of imidazole rings is 1. The van der Waals surface area contributed by atoms with Gasteiger partial charge in [0, 0.05) is 29.2 Å². The zero-order valence-corrected chi connectivity index (χ0v) is 15.8. The molecule has 5 aromatic rings. The molecular formula is C24H18N4O. The molecule has 0 radical (unpaired) electrons. The van der Waals surface area contributed by atoms with Gasteiger partial charge in [-0.2, -0.15) is 0 Å². The molecular weight excluding hydrogens is 360 g/mol. The quantitative estimate of drug-likeness (QED) is 0.471. The summed E-state index contributed by atoms with van der Waals surface area (Å²) in [5, 5.41) is 11.1. The van der Waals surface area contributed by atoms with Gasteiger partial charge in [-0.3, -0.25) is 14.5 Å². The highest BCUT2D eigenvalue weighted by atomic mass is 16.3. The highest BCUT2D eigenvalue weighted by Gasteiger charge is 2.17. The van der Waals surface area contributed by atoms with Crippen LogP contribution in [0.15, 0.2) is 85.2 Å². The van der Waals surface area contributed by atoms with Gasteiger partial charge in [-0.25, -0.2) is 4.98 Å². The molecule has 2 aromatic carbocycles. The molecule has 0 aliphatic heterocycles. The van der Waals surface area contributed by atoms with E-state index in [2.05, 4.69) is 21.0 Å². The van der Waals surface area contributed by atoms with Gasteiger partial charge in [-0.15, -0.1) is 0 Å². The number of fused-ring (bicyclic) bond motifs is 1. The van der Waals surface area contributed by atoms with Gasteiger partial charge in [-0.1, -0.05) is 24.3 Å². The Bertz CT molecular complexity index is 1310. The second kappa shape index (κ2) is 6.87. The van der Waals surface area contributed by atoms with Gasteiger partial charge >= 0.3 is 0 Å². The van der Waals surface area contributed by atoms with E-state index in [0.717, 1.165) is 34.0 Å². The van der Waals surface area contributed by atoms with Crippen molar-refractivity contribution in [3.05, 3.63) is 91.0 Å². The van der Waals surface area contributed by atoms with Gasteiger partial charge in [0.05, 0.1) is 16.9 Å². The van der Waals surface area contributed by atoms with Crippen LogP contribution in [0.5, 0.6) is 5.75 Å². The summed E-state index contributed by atoms with van der Waals surface area (Å²) in [4.78, 5) is 13.5. The number of phenolic OH excluding ortho intramolecular Hbond substituents is 1. The van der Waals surface area contributed by atoms with Crippen LogP contribution in [0.25, 0.3) is 39.2 Å². The predicted octanol–water partition coefficient (Wildman–Crippen LogP) is 5.16. The number of hydrogen-bond acceptors (Lipinski definition) is 4. The maximum atomic E-state index is 11.1. The lowest BCUT2D eigenvalue weighted by molar-refractivity contribution is 0.481. The minimum atomic E-state index is 0.171. The maximum absolute atomic E-state index is 11.1. The van der Waals surface area contributed by atoms with E-state index in [-0.39, 0.29) is 5.75 Å². The third kappa shape index (κ3) is 2.93. The smallest absolute Gasteiger partial charge is 0.151 e. The lowest BCUT2D eigenvalue weighted by Crippen LogP contribution is -1.98. The number of aryl methyl sites for hydroxylation is 1. The fourth-order valence-corrected chi connectivity index (χ4v) is 3.65. The first-order valence-electron chi connectivity index (χ1n) is 9.36. The third-order valence-corrected chi connectivity index (χ3v) is 4.97. The number of hydrogen-bond donors (Lipinski definition) is 1. The number of nitrogens with zero attached hydrogens (tertiary/aromatic N) is 4. The molecule has 29 heavy (non-hydrogen) atoms. The molecule has 0 fully saturated rings. The van der Waals surface area contributed by atoms with Crippen molar-refractivity contribution in [3.63, 3.8) is 0 Å². The number of phenols is 1. The van der Waals surface area contributed by atoms with Crippen LogP contribution < -0.4 is 0 Å². The van der Waals surface area contributed by atoms with E-state index >= 15 is 0 Å². The van der Waals surface area contributed by atoms with Crippen LogP contribution in [0, 0.1) is 6.92 Å². The summed E-state index contributed by atoms with van der Waals surface area (Å²) < 4.78 is 1.98. The summed E-state index contributed by atoms with van der Waals surface area (Å²) in [6.07, 6.45) is 3.50. The van der Waals surface area contributed by atoms with Crippen molar-refractivity contribution in [2.45, 2.75) is 6.92 Å². The molecule has 140 valence electrons. The van der Waals surface area contributed by atoms with Gasteiger partial charge in [0.15, 0.2) is 5.75 Å². The van der Waals surface area contributed by atoms with Crippen LogP contribution in [0.2, 0.25) is 0 Å². The lowest BCUT2D eigenvalue weighted by Gasteiger charge is -2.12. The highest BCUT2D eigenvalue weighted by molar-refractivity contribution is 5.91. The highest BCUT2D eigenvalue weighted by Crippen LogP contribution is 2.37. The molecule has 1 N–H and O–H groups in total. The Kier molecular flexibility index (Phi) is 4.06. The first kappa shape index (κ1) is 17.1. The second-order valence-corrected chi connectivity index (χ2v) is 6.80. The number of benzene rings is 2. The van der Waals surface area contributed by atoms with E-state index in [0.29, 0.717) is 11.1 Å². The van der Waals surface area contributed by atoms with Crippen molar-refractivity contribution >= 4 is 11.0 Å². The topological polar surface area (TPSA) is 63.8 Å². The summed E-state index contributed by atoms with van der Waals surface area (Å²) in [6.45, 7) is 1.94. The van der Waals surface area contributed by atoms with Crippen molar-refractivity contribution in [3.8, 4) is 34.0 Å². The van der Waals surface area contributed by atoms with E-state index < -0.39 is 0 Å². The Balaban J connectivity index is 1.73. The SMILES string of the molecule is Cc1nc2ccc(-c3ccccn3)c(O)c2n1-c1cccc(-c2ccccn2)c1. The normalized spacial score (nSPS) is 11.1. The summed E-state index contributed by atoms with van der Waals surface area (Å²) in [5.74, 6) is 0.969. The molecule has 0 aliphatic carbocycles. The average Bonchev–Trinajstić information content (AvgIpc) is 3.12. The van der Waals surface area contributed by atoms with E-state index in [1.807, 2.05) is 78.2 Å². The molecule has 0 saturated heterocycles. The molecule has 0 amide bonds. The lowest BCUT2D eigenvalue weighted by atomic mass is 10.1. The number of aromatic nitrogens is 4. The largest absolute Gasteiger partial charge is 0.505 e. The minimum absolute atomic E-state index is 0.171. The Labute approximate surface area is 168 Å². The summed E-state index contributed by atoms with van der Waals surface area (Å²) >= 11 is 0. The monoisotopic (exact) mass is 378 g/mol. The van der Waals surface area contributed by atoms with Crippen LogP contribution in [-0.4, -0.2) is 24.6 Å². The van der Waals surface area contributed by atoms with Crippen LogP contribution in [0.4, 0.5) is 0 Å². The molecule has 0 spiro atoms. The van der Waals surface area contributed by atoms with Crippen LogP contribution >= 0.6 is 0 Å². The molecule has 0 atom stereocenters. The summed E-state index contributed by atoms with van der Waals surface area (Å²) in [5.41, 5.74) is 5.63. The Morgan fingerprint density at radius 2 is 1.55 bits per heavy atom. The number of rotatable bonds is 3. The van der Waals surface area contributed by atoms with Gasteiger partial charge in [0.25, 0.3) is 0 Å². The summed E-state index contributed by atoms with van der Waals surface area (Å²) in [7, 11) is 0. The molecule has 3 heterocycles. The first-order valence-corrected chi connectivity index (χ1v) is 9.36. The zero-order chi connectivity index (χ0) is 19.8. The Hall–Kier alpha value is -3.99. The first-order chi connectivity index (χ1) is 14.2. The molecule has 5 heteroatoms. The van der Waals surface area contributed by atoms with Gasteiger partial charge < -0.3 is 5.11 Å². The van der Waals surface area contributed by atoms with Gasteiger partial charge in [0.1, 0.15) is 11.3 Å². The van der Waals surface area contributed by atoms with Crippen molar-refractivity contribution in [1.29, 1.82) is 0 Å². The van der Waals surface area contributed by atoms with E-state index in [4.69, 9.17) is 0 Å². The third-order valence-electron chi connectivity index (χ3n) is 4.97. The van der Waals surface area contributed by atoms with Gasteiger partial charge in [0.2, 0.25) is 0 Å². The zero-order valence-electron chi connectivity index (χ0n) is 15.8. The molecule has 0 saturated carbocycles. The van der Waals surface area contributed by atoms with Crippen molar-refractivity contribution in [2.75, 3.05) is 0 Å². The van der Waals surface area contributed by atoms with E-state index in [1.165, 1.54) is 0 Å². The molecule has 5 nitrogen and oxygen atoms in total. The van der Waals surface area contributed by atoms with Crippen LogP contribution in [0.1, 0.15) is 5.82 Å². The van der Waals surface area contributed by atoms with Crippen molar-refractivity contribution < 1.29 is 5.11 Å². The average molecular weight is 378 g/mol. The molecule has 3 aromatic heterocycles. The number of pyridine rings is 2. The fraction of sp³-hybridized carbons (Fsp3) is 0.0417. The van der Waals surface area contributed by atoms with Gasteiger partial charge in [-0.05, 0) is 55.5 Å². The van der Waals surface area contributed by atoms with E-state index in [9.17, 15) is 5.11 Å². The molecule has 0 unspecified atom stereocenters. The number of aromatic hydroxyl groups is 1. The van der Waals surface area contributed by atoms with Crippen LogP contribution in [-0.2, 0) is 0 Å². The molecule has 0 aliphatic rings. The van der Waals surface area contributed by atoms with Crippen LogP contribution in [0.3, 0.4) is 0 Å². The predicted molar refractivity (Wildman–Crippen MR) is 114 cm³/mol. The molecule has 0 bridgehead atoms. The maximum Gasteiger partial charge on any atom is 0.151 e. The summed E-state index contributed by atoms with van der Waals surface area (Å²) in [6, 6.07) is 23.4. The molecule has 5 rings (SSSR count). The Morgan fingerprint density at radius 3 is 2.28 bits per heavy atom. The van der Waals surface area contributed by atoms with Crippen molar-refractivity contribution in [2.24, 2.45) is 0 Å². The second-order valence-electron chi connectivity index (χ2n) is 6.80. The standard InChI is InChI=1S/C24H18N4O/c1-16-27-22-12-11-19(21-10-3-5-14-26-21)24(29)23(22)28(16)18-8-6-7-17(15-18)20-9-2-4-13-25-20/h2-15,29H,1H3. The van der Waals surface area contributed by atoms with Crippen molar-refractivity contribution in [1.82, 2.24) is 19.5 Å². The Morgan fingerprint density at radius 1 is 0.793 bits per heavy atom. The van der Waals surface area contributed by atoms with E-state index in [1.54, 1.807) is 12.4 Å².